The van der Waals surface area contributed by atoms with Crippen LogP contribution in [0.3, 0.4) is 0 Å². The summed E-state index contributed by atoms with van der Waals surface area (Å²) in [4.78, 5) is 15.1. The number of carbonyl (C=O) groups excluding carboxylic acids is 1. The second-order valence-corrected chi connectivity index (χ2v) is 8.22. The van der Waals surface area contributed by atoms with Crippen molar-refractivity contribution in [3.63, 3.8) is 0 Å². The lowest BCUT2D eigenvalue weighted by Gasteiger charge is -2.41. The van der Waals surface area contributed by atoms with Crippen LogP contribution in [0.15, 0.2) is 0 Å². The first-order chi connectivity index (χ1) is 9.67. The fourth-order valence-corrected chi connectivity index (χ4v) is 3.12. The van der Waals surface area contributed by atoms with E-state index in [9.17, 15) is 4.79 Å². The molecule has 1 atom stereocenters. The summed E-state index contributed by atoms with van der Waals surface area (Å²) in [6, 6.07) is 0. The van der Waals surface area contributed by atoms with E-state index >= 15 is 0 Å². The normalized spacial score (nSPS) is 20.3. The number of esters is 1. The van der Waals surface area contributed by atoms with Crippen LogP contribution in [0.25, 0.3) is 0 Å². The lowest BCUT2D eigenvalue weighted by atomic mass is 9.64. The van der Waals surface area contributed by atoms with E-state index in [1.165, 1.54) is 19.3 Å². The number of nitrogens with zero attached hydrogens (tertiary/aromatic N) is 1. The first-order valence-corrected chi connectivity index (χ1v) is 8.56. The third-order valence-electron chi connectivity index (χ3n) is 5.01. The molecular formula is C18H35NO2. The van der Waals surface area contributed by atoms with Crippen LogP contribution in [0, 0.1) is 16.7 Å². The van der Waals surface area contributed by atoms with Crippen molar-refractivity contribution in [2.45, 2.75) is 67.2 Å². The van der Waals surface area contributed by atoms with E-state index in [0.717, 1.165) is 26.1 Å². The summed E-state index contributed by atoms with van der Waals surface area (Å²) >= 11 is 0. The summed E-state index contributed by atoms with van der Waals surface area (Å²) in [6.45, 7) is 16.5. The Balaban J connectivity index is 2.52. The second kappa shape index (κ2) is 7.62. The molecule has 1 rings (SSSR count). The van der Waals surface area contributed by atoms with Gasteiger partial charge in [-0.1, -0.05) is 41.0 Å². The van der Waals surface area contributed by atoms with Crippen LogP contribution < -0.4 is 0 Å². The SMILES string of the molecule is CC(C)CC(C)(C(=O)OCCN1CCCCC1)C(C)(C)C. The van der Waals surface area contributed by atoms with Gasteiger partial charge in [-0.15, -0.1) is 0 Å². The van der Waals surface area contributed by atoms with Crippen LogP contribution in [0.2, 0.25) is 0 Å². The highest BCUT2D eigenvalue weighted by molar-refractivity contribution is 5.77. The van der Waals surface area contributed by atoms with Gasteiger partial charge in [0.2, 0.25) is 0 Å². The maximum atomic E-state index is 12.6. The molecule has 3 heteroatoms. The number of piperidine rings is 1. The zero-order valence-corrected chi connectivity index (χ0v) is 15.0. The van der Waals surface area contributed by atoms with Crippen molar-refractivity contribution in [1.29, 1.82) is 0 Å². The number of ether oxygens (including phenoxy) is 1. The Kier molecular flexibility index (Phi) is 6.71. The molecule has 21 heavy (non-hydrogen) atoms. The number of carbonyl (C=O) groups is 1. The van der Waals surface area contributed by atoms with Gasteiger partial charge in [-0.25, -0.2) is 0 Å². The van der Waals surface area contributed by atoms with Gasteiger partial charge in [0.25, 0.3) is 0 Å². The van der Waals surface area contributed by atoms with Gasteiger partial charge in [-0.2, -0.15) is 0 Å². The standard InChI is InChI=1S/C18H35NO2/c1-15(2)14-18(6,17(3,4)5)16(20)21-13-12-19-10-8-7-9-11-19/h15H,7-14H2,1-6H3. The number of rotatable bonds is 6. The smallest absolute Gasteiger partial charge is 0.312 e. The molecule has 1 aliphatic rings. The maximum Gasteiger partial charge on any atom is 0.312 e. The Morgan fingerprint density at radius 1 is 1.10 bits per heavy atom. The molecule has 0 bridgehead atoms. The van der Waals surface area contributed by atoms with E-state index in [4.69, 9.17) is 4.74 Å². The molecule has 0 spiro atoms. The molecule has 1 unspecified atom stereocenters. The molecule has 0 saturated carbocycles. The third-order valence-corrected chi connectivity index (χ3v) is 5.01. The van der Waals surface area contributed by atoms with Gasteiger partial charge < -0.3 is 4.74 Å². The molecule has 124 valence electrons. The van der Waals surface area contributed by atoms with E-state index < -0.39 is 5.41 Å². The molecule has 3 nitrogen and oxygen atoms in total. The predicted molar refractivity (Wildman–Crippen MR) is 88.3 cm³/mol. The summed E-state index contributed by atoms with van der Waals surface area (Å²) < 4.78 is 5.66. The molecule has 1 heterocycles. The molecule has 1 aliphatic heterocycles. The predicted octanol–water partition coefficient (Wildman–Crippen LogP) is 4.11. The van der Waals surface area contributed by atoms with Crippen molar-refractivity contribution in [2.24, 2.45) is 16.7 Å². The first-order valence-electron chi connectivity index (χ1n) is 8.56. The van der Waals surface area contributed by atoms with Crippen molar-refractivity contribution in [3.05, 3.63) is 0 Å². The highest BCUT2D eigenvalue weighted by atomic mass is 16.5. The minimum atomic E-state index is -0.414. The molecule has 0 amide bonds. The van der Waals surface area contributed by atoms with Crippen molar-refractivity contribution in [2.75, 3.05) is 26.2 Å². The minimum absolute atomic E-state index is 0.0271. The first kappa shape index (κ1) is 18.5. The average Bonchev–Trinajstić information content (AvgIpc) is 2.37. The molecule has 0 aromatic carbocycles. The van der Waals surface area contributed by atoms with E-state index in [1.807, 2.05) is 0 Å². The van der Waals surface area contributed by atoms with E-state index in [1.54, 1.807) is 0 Å². The van der Waals surface area contributed by atoms with E-state index in [0.29, 0.717) is 12.5 Å². The molecular weight excluding hydrogens is 262 g/mol. The van der Waals surface area contributed by atoms with Crippen LogP contribution >= 0.6 is 0 Å². The molecule has 0 N–H and O–H groups in total. The maximum absolute atomic E-state index is 12.6. The van der Waals surface area contributed by atoms with Crippen LogP contribution in [-0.2, 0) is 9.53 Å². The Hall–Kier alpha value is -0.570. The zero-order valence-electron chi connectivity index (χ0n) is 15.0. The van der Waals surface area contributed by atoms with Crippen LogP contribution in [-0.4, -0.2) is 37.1 Å². The zero-order chi connectivity index (χ0) is 16.1. The molecule has 0 aromatic heterocycles. The molecule has 1 saturated heterocycles. The number of hydrogen-bond acceptors (Lipinski definition) is 3. The van der Waals surface area contributed by atoms with Crippen molar-refractivity contribution >= 4 is 5.97 Å². The number of hydrogen-bond donors (Lipinski definition) is 0. The lowest BCUT2D eigenvalue weighted by Crippen LogP contribution is -2.43. The van der Waals surface area contributed by atoms with Crippen LogP contribution in [0.5, 0.6) is 0 Å². The Morgan fingerprint density at radius 2 is 1.67 bits per heavy atom. The average molecular weight is 297 g/mol. The Labute approximate surface area is 131 Å². The summed E-state index contributed by atoms with van der Waals surface area (Å²) in [5.74, 6) is 0.463. The highest BCUT2D eigenvalue weighted by Crippen LogP contribution is 2.44. The van der Waals surface area contributed by atoms with Crippen molar-refractivity contribution < 1.29 is 9.53 Å². The van der Waals surface area contributed by atoms with Crippen LogP contribution in [0.4, 0.5) is 0 Å². The van der Waals surface area contributed by atoms with E-state index in [-0.39, 0.29) is 11.4 Å². The number of likely N-dealkylation sites (tertiary alicyclic amines) is 1. The highest BCUT2D eigenvalue weighted by Gasteiger charge is 2.45. The summed E-state index contributed by atoms with van der Waals surface area (Å²) in [7, 11) is 0. The quantitative estimate of drug-likeness (QED) is 0.691. The fourth-order valence-electron chi connectivity index (χ4n) is 3.12. The van der Waals surface area contributed by atoms with Gasteiger partial charge in [-0.05, 0) is 50.6 Å². The third kappa shape index (κ3) is 5.28. The molecule has 0 radical (unpaired) electrons. The lowest BCUT2D eigenvalue weighted by molar-refractivity contribution is -0.164. The van der Waals surface area contributed by atoms with Crippen LogP contribution in [0.1, 0.15) is 67.2 Å². The van der Waals surface area contributed by atoms with Gasteiger partial charge in [0.15, 0.2) is 0 Å². The molecule has 0 aromatic rings. The Morgan fingerprint density at radius 3 is 2.14 bits per heavy atom. The van der Waals surface area contributed by atoms with Gasteiger partial charge in [0, 0.05) is 6.54 Å². The summed E-state index contributed by atoms with van der Waals surface area (Å²) in [6.07, 6.45) is 4.77. The largest absolute Gasteiger partial charge is 0.464 e. The van der Waals surface area contributed by atoms with Gasteiger partial charge >= 0.3 is 5.97 Å². The van der Waals surface area contributed by atoms with Gasteiger partial charge in [0.1, 0.15) is 6.61 Å². The van der Waals surface area contributed by atoms with Crippen molar-refractivity contribution in [1.82, 2.24) is 4.90 Å². The van der Waals surface area contributed by atoms with E-state index in [2.05, 4.69) is 46.4 Å². The van der Waals surface area contributed by atoms with Gasteiger partial charge in [-0.3, -0.25) is 9.69 Å². The summed E-state index contributed by atoms with van der Waals surface area (Å²) in [5, 5.41) is 0. The second-order valence-electron chi connectivity index (χ2n) is 8.22. The fraction of sp³-hybridized carbons (Fsp3) is 0.944. The van der Waals surface area contributed by atoms with Crippen molar-refractivity contribution in [3.8, 4) is 0 Å². The monoisotopic (exact) mass is 297 g/mol. The van der Waals surface area contributed by atoms with Gasteiger partial charge in [0.05, 0.1) is 5.41 Å². The molecule has 1 fully saturated rings. The molecule has 0 aliphatic carbocycles. The Bertz CT molecular complexity index is 327. The minimum Gasteiger partial charge on any atom is -0.464 e. The summed E-state index contributed by atoms with van der Waals surface area (Å²) in [5.41, 5.74) is -0.497. The topological polar surface area (TPSA) is 29.5 Å².